The summed E-state index contributed by atoms with van der Waals surface area (Å²) in [6.45, 7) is 3.27. The summed E-state index contributed by atoms with van der Waals surface area (Å²) in [4.78, 5) is 2.21. The molecule has 3 nitrogen and oxygen atoms in total. The monoisotopic (exact) mass is 216 g/mol. The molecule has 0 aromatic carbocycles. The summed E-state index contributed by atoms with van der Waals surface area (Å²) in [5.74, 6) is 0. The van der Waals surface area contributed by atoms with Crippen LogP contribution in [0.3, 0.4) is 0 Å². The van der Waals surface area contributed by atoms with E-state index in [0.29, 0.717) is 6.04 Å². The van der Waals surface area contributed by atoms with Gasteiger partial charge in [-0.05, 0) is 20.0 Å². The number of nitrogens with zero attached hydrogens (tertiary/aromatic N) is 1. The number of halogens is 2. The maximum Gasteiger partial charge on any atom is 0.0558 e. The zero-order valence-electron chi connectivity index (χ0n) is 7.32. The Balaban J connectivity index is 0. The third-order valence-electron chi connectivity index (χ3n) is 2.11. The highest BCUT2D eigenvalue weighted by Crippen LogP contribution is 2.04. The van der Waals surface area contributed by atoms with Crippen LogP contribution in [0.2, 0.25) is 0 Å². The van der Waals surface area contributed by atoms with Crippen molar-refractivity contribution >= 4 is 24.8 Å². The van der Waals surface area contributed by atoms with Gasteiger partial charge in [0, 0.05) is 19.1 Å². The average molecular weight is 217 g/mol. The minimum Gasteiger partial charge on any atom is -0.395 e. The highest BCUT2D eigenvalue weighted by atomic mass is 35.5. The number of aliphatic hydroxyl groups excluding tert-OH is 1. The number of hydrogen-bond acceptors (Lipinski definition) is 3. The lowest BCUT2D eigenvalue weighted by Crippen LogP contribution is -2.35. The molecule has 0 spiro atoms. The third-order valence-corrected chi connectivity index (χ3v) is 2.11. The lowest BCUT2D eigenvalue weighted by atomic mass is 10.2. The maximum absolute atomic E-state index is 8.63. The molecular weight excluding hydrogens is 199 g/mol. The molecule has 0 aliphatic carbocycles. The lowest BCUT2D eigenvalue weighted by molar-refractivity contribution is 0.187. The largest absolute Gasteiger partial charge is 0.395 e. The van der Waals surface area contributed by atoms with Crippen LogP contribution >= 0.6 is 24.8 Å². The first-order valence-electron chi connectivity index (χ1n) is 3.86. The van der Waals surface area contributed by atoms with Gasteiger partial charge in [-0.1, -0.05) is 0 Å². The van der Waals surface area contributed by atoms with E-state index in [1.54, 1.807) is 0 Å². The molecule has 0 aromatic heterocycles. The van der Waals surface area contributed by atoms with Crippen molar-refractivity contribution < 1.29 is 5.11 Å². The van der Waals surface area contributed by atoms with E-state index in [1.807, 2.05) is 0 Å². The standard InChI is InChI=1S/C7H16N2O.2ClH/c1-9(4-5-10)7-2-3-8-6-7;;/h7-8,10H,2-6H2,1H3;2*1H. The van der Waals surface area contributed by atoms with Crippen molar-refractivity contribution in [2.75, 3.05) is 33.3 Å². The minimum atomic E-state index is 0. The number of nitrogens with one attached hydrogen (secondary N) is 1. The molecule has 1 atom stereocenters. The highest BCUT2D eigenvalue weighted by molar-refractivity contribution is 5.85. The molecule has 0 radical (unpaired) electrons. The molecule has 0 amide bonds. The highest BCUT2D eigenvalue weighted by Gasteiger charge is 2.17. The van der Waals surface area contributed by atoms with Crippen LogP contribution in [-0.4, -0.2) is 49.3 Å². The summed E-state index contributed by atoms with van der Waals surface area (Å²) in [5.41, 5.74) is 0. The van der Waals surface area contributed by atoms with Gasteiger partial charge in [-0.25, -0.2) is 0 Å². The molecule has 1 rings (SSSR count). The fourth-order valence-electron chi connectivity index (χ4n) is 1.36. The van der Waals surface area contributed by atoms with Crippen LogP contribution < -0.4 is 5.32 Å². The van der Waals surface area contributed by atoms with Crippen molar-refractivity contribution in [1.29, 1.82) is 0 Å². The van der Waals surface area contributed by atoms with Crippen molar-refractivity contribution in [3.8, 4) is 0 Å². The van der Waals surface area contributed by atoms with Crippen LogP contribution in [0.5, 0.6) is 0 Å². The van der Waals surface area contributed by atoms with E-state index < -0.39 is 0 Å². The number of rotatable bonds is 3. The van der Waals surface area contributed by atoms with Gasteiger partial charge in [0.05, 0.1) is 6.61 Å². The molecule has 1 aliphatic rings. The molecule has 0 aromatic rings. The third kappa shape index (κ3) is 4.48. The quantitative estimate of drug-likeness (QED) is 0.704. The van der Waals surface area contributed by atoms with Gasteiger partial charge in [-0.15, -0.1) is 24.8 Å². The van der Waals surface area contributed by atoms with Crippen molar-refractivity contribution in [2.45, 2.75) is 12.5 Å². The molecule has 1 heterocycles. The summed E-state index contributed by atoms with van der Waals surface area (Å²) in [5, 5.41) is 11.9. The second-order valence-electron chi connectivity index (χ2n) is 2.85. The molecule has 1 unspecified atom stereocenters. The smallest absolute Gasteiger partial charge is 0.0558 e. The van der Waals surface area contributed by atoms with E-state index >= 15 is 0 Å². The van der Waals surface area contributed by atoms with Crippen molar-refractivity contribution in [2.24, 2.45) is 0 Å². The second-order valence-corrected chi connectivity index (χ2v) is 2.85. The molecule has 0 saturated carbocycles. The van der Waals surface area contributed by atoms with Crippen LogP contribution in [0.15, 0.2) is 0 Å². The van der Waals surface area contributed by atoms with Crippen LogP contribution in [0.1, 0.15) is 6.42 Å². The molecule has 5 heteroatoms. The van der Waals surface area contributed by atoms with E-state index in [2.05, 4.69) is 17.3 Å². The van der Waals surface area contributed by atoms with Gasteiger partial charge in [0.15, 0.2) is 0 Å². The Bertz CT molecular complexity index is 99.4. The normalized spacial score (nSPS) is 21.8. The van der Waals surface area contributed by atoms with Gasteiger partial charge in [-0.3, -0.25) is 4.90 Å². The van der Waals surface area contributed by atoms with Crippen LogP contribution in [-0.2, 0) is 0 Å². The molecule has 2 N–H and O–H groups in total. The summed E-state index contributed by atoms with van der Waals surface area (Å²) >= 11 is 0. The first-order chi connectivity index (χ1) is 4.84. The molecule has 0 bridgehead atoms. The SMILES string of the molecule is CN(CCO)C1CCNC1.Cl.Cl. The Hall–Kier alpha value is 0.460. The van der Waals surface area contributed by atoms with Crippen molar-refractivity contribution in [3.63, 3.8) is 0 Å². The summed E-state index contributed by atoms with van der Waals surface area (Å²) < 4.78 is 0. The van der Waals surface area contributed by atoms with Gasteiger partial charge >= 0.3 is 0 Å². The lowest BCUT2D eigenvalue weighted by Gasteiger charge is -2.21. The average Bonchev–Trinajstić information content (AvgIpc) is 2.38. The zero-order valence-corrected chi connectivity index (χ0v) is 8.96. The van der Waals surface area contributed by atoms with E-state index in [-0.39, 0.29) is 31.4 Å². The summed E-state index contributed by atoms with van der Waals surface area (Å²) in [6.07, 6.45) is 1.22. The maximum atomic E-state index is 8.63. The first kappa shape index (κ1) is 15.0. The molecule has 1 aliphatic heterocycles. The molecule has 76 valence electrons. The van der Waals surface area contributed by atoms with Gasteiger partial charge in [0.1, 0.15) is 0 Å². The van der Waals surface area contributed by atoms with E-state index in [4.69, 9.17) is 5.11 Å². The fourth-order valence-corrected chi connectivity index (χ4v) is 1.36. The first-order valence-corrected chi connectivity index (χ1v) is 3.86. The Kier molecular flexibility index (Phi) is 10.1. The molecule has 1 fully saturated rings. The minimum absolute atomic E-state index is 0. The Labute approximate surface area is 86.3 Å². The fraction of sp³-hybridized carbons (Fsp3) is 1.00. The molecular formula is C7H18Cl2N2O. The van der Waals surface area contributed by atoms with Crippen molar-refractivity contribution in [3.05, 3.63) is 0 Å². The Morgan fingerprint density at radius 3 is 2.58 bits per heavy atom. The second kappa shape index (κ2) is 8.08. The van der Waals surface area contributed by atoms with E-state index in [9.17, 15) is 0 Å². The van der Waals surface area contributed by atoms with E-state index in [0.717, 1.165) is 19.6 Å². The summed E-state index contributed by atoms with van der Waals surface area (Å²) in [6, 6.07) is 0.646. The molecule has 1 saturated heterocycles. The van der Waals surface area contributed by atoms with Crippen LogP contribution in [0.4, 0.5) is 0 Å². The predicted octanol–water partition coefficient (Wildman–Crippen LogP) is 0.116. The Morgan fingerprint density at radius 1 is 1.50 bits per heavy atom. The molecule has 12 heavy (non-hydrogen) atoms. The van der Waals surface area contributed by atoms with Crippen molar-refractivity contribution in [1.82, 2.24) is 10.2 Å². The zero-order chi connectivity index (χ0) is 7.40. The van der Waals surface area contributed by atoms with Crippen LogP contribution in [0, 0.1) is 0 Å². The van der Waals surface area contributed by atoms with Gasteiger partial charge < -0.3 is 10.4 Å². The van der Waals surface area contributed by atoms with Gasteiger partial charge in [0.2, 0.25) is 0 Å². The Morgan fingerprint density at radius 2 is 2.17 bits per heavy atom. The number of aliphatic hydroxyl groups is 1. The predicted molar refractivity (Wildman–Crippen MR) is 55.5 cm³/mol. The van der Waals surface area contributed by atoms with Crippen LogP contribution in [0.25, 0.3) is 0 Å². The van der Waals surface area contributed by atoms with E-state index in [1.165, 1.54) is 6.42 Å². The van der Waals surface area contributed by atoms with Gasteiger partial charge in [0.25, 0.3) is 0 Å². The number of hydrogen-bond donors (Lipinski definition) is 2. The van der Waals surface area contributed by atoms with Gasteiger partial charge in [-0.2, -0.15) is 0 Å². The topological polar surface area (TPSA) is 35.5 Å². The summed E-state index contributed by atoms with van der Waals surface area (Å²) in [7, 11) is 2.06. The number of likely N-dealkylation sites (N-methyl/N-ethyl adjacent to an activating group) is 1.